The second-order valence-electron chi connectivity index (χ2n) is 8.08. The van der Waals surface area contributed by atoms with Gasteiger partial charge in [0.25, 0.3) is 0 Å². The van der Waals surface area contributed by atoms with E-state index in [4.69, 9.17) is 9.47 Å². The van der Waals surface area contributed by atoms with Crippen LogP contribution in [0.4, 0.5) is 0 Å². The summed E-state index contributed by atoms with van der Waals surface area (Å²) in [6, 6.07) is 9.21. The van der Waals surface area contributed by atoms with Crippen molar-refractivity contribution in [2.45, 2.75) is 58.3 Å². The Bertz CT molecular complexity index is 613. The zero-order chi connectivity index (χ0) is 21.1. The normalized spacial score (nSPS) is 16.1. The summed E-state index contributed by atoms with van der Waals surface area (Å²) in [5.74, 6) is 0.981. The van der Waals surface area contributed by atoms with E-state index >= 15 is 0 Å². The van der Waals surface area contributed by atoms with Crippen molar-refractivity contribution in [3.05, 3.63) is 35.4 Å². The minimum atomic E-state index is 0.355. The van der Waals surface area contributed by atoms with Crippen LogP contribution in [0.5, 0.6) is 0 Å². The van der Waals surface area contributed by atoms with Crippen LogP contribution in [0.3, 0.4) is 0 Å². The lowest BCUT2D eigenvalue weighted by molar-refractivity contribution is 0.00989. The predicted molar refractivity (Wildman–Crippen MR) is 120 cm³/mol. The summed E-state index contributed by atoms with van der Waals surface area (Å²) in [5.41, 5.74) is 2.70. The SMILES string of the molecule is CN=C(NCc1ccccc1CN(C)C(C)C)N1CCC(OCCCOC)CC1. The van der Waals surface area contributed by atoms with Crippen LogP contribution in [-0.2, 0) is 22.6 Å². The van der Waals surface area contributed by atoms with Crippen LogP contribution in [-0.4, -0.2) is 75.4 Å². The highest BCUT2D eigenvalue weighted by Crippen LogP contribution is 2.16. The maximum absolute atomic E-state index is 5.98. The van der Waals surface area contributed by atoms with Crippen molar-refractivity contribution in [3.63, 3.8) is 0 Å². The number of nitrogens with zero attached hydrogens (tertiary/aromatic N) is 3. The van der Waals surface area contributed by atoms with Crippen molar-refractivity contribution < 1.29 is 9.47 Å². The minimum absolute atomic E-state index is 0.355. The minimum Gasteiger partial charge on any atom is -0.385 e. The number of benzene rings is 1. The van der Waals surface area contributed by atoms with Gasteiger partial charge in [0.05, 0.1) is 6.10 Å². The predicted octanol–water partition coefficient (Wildman–Crippen LogP) is 3.12. The summed E-state index contributed by atoms with van der Waals surface area (Å²) >= 11 is 0. The molecule has 0 unspecified atom stereocenters. The van der Waals surface area contributed by atoms with Crippen LogP contribution < -0.4 is 5.32 Å². The number of methoxy groups -OCH3 is 1. The molecule has 29 heavy (non-hydrogen) atoms. The van der Waals surface area contributed by atoms with Crippen molar-refractivity contribution in [2.24, 2.45) is 4.99 Å². The third-order valence-electron chi connectivity index (χ3n) is 5.66. The van der Waals surface area contributed by atoms with Crippen molar-refractivity contribution in [2.75, 3.05) is 47.5 Å². The standard InChI is InChI=1S/C23H40N4O2/c1-19(2)26(4)18-21-10-7-6-9-20(21)17-25-23(24-3)27-13-11-22(12-14-27)29-16-8-15-28-5/h6-7,9-10,19,22H,8,11-18H2,1-5H3,(H,24,25). The molecule has 6 nitrogen and oxygen atoms in total. The summed E-state index contributed by atoms with van der Waals surface area (Å²) in [7, 11) is 5.78. The van der Waals surface area contributed by atoms with E-state index in [2.05, 4.69) is 65.3 Å². The molecule has 0 amide bonds. The molecule has 164 valence electrons. The van der Waals surface area contributed by atoms with Gasteiger partial charge in [-0.15, -0.1) is 0 Å². The zero-order valence-electron chi connectivity index (χ0n) is 19.0. The lowest BCUT2D eigenvalue weighted by Crippen LogP contribution is -2.46. The Labute approximate surface area is 177 Å². The van der Waals surface area contributed by atoms with E-state index in [1.54, 1.807) is 7.11 Å². The number of piperidine rings is 1. The highest BCUT2D eigenvalue weighted by molar-refractivity contribution is 5.80. The lowest BCUT2D eigenvalue weighted by atomic mass is 10.1. The number of nitrogens with one attached hydrogen (secondary N) is 1. The van der Waals surface area contributed by atoms with E-state index in [1.165, 1.54) is 11.1 Å². The molecule has 0 bridgehead atoms. The molecule has 6 heteroatoms. The molecular weight excluding hydrogens is 364 g/mol. The molecule has 1 aliphatic heterocycles. The molecular formula is C23H40N4O2. The van der Waals surface area contributed by atoms with E-state index in [0.29, 0.717) is 12.1 Å². The van der Waals surface area contributed by atoms with E-state index in [0.717, 1.165) is 64.6 Å². The quantitative estimate of drug-likeness (QED) is 0.369. The number of hydrogen-bond donors (Lipinski definition) is 1. The number of likely N-dealkylation sites (tertiary alicyclic amines) is 1. The molecule has 1 aliphatic rings. The van der Waals surface area contributed by atoms with Gasteiger partial charge in [-0.05, 0) is 51.3 Å². The number of hydrogen-bond acceptors (Lipinski definition) is 4. The lowest BCUT2D eigenvalue weighted by Gasteiger charge is -2.34. The highest BCUT2D eigenvalue weighted by Gasteiger charge is 2.22. The van der Waals surface area contributed by atoms with Gasteiger partial charge < -0.3 is 19.7 Å². The van der Waals surface area contributed by atoms with Gasteiger partial charge in [0.2, 0.25) is 0 Å². The zero-order valence-corrected chi connectivity index (χ0v) is 19.0. The molecule has 2 rings (SSSR count). The van der Waals surface area contributed by atoms with Gasteiger partial charge in [0.15, 0.2) is 5.96 Å². The average molecular weight is 405 g/mol. The Morgan fingerprint density at radius 2 is 1.90 bits per heavy atom. The second kappa shape index (κ2) is 12.8. The maximum atomic E-state index is 5.98. The molecule has 0 atom stereocenters. The van der Waals surface area contributed by atoms with Gasteiger partial charge in [-0.1, -0.05) is 24.3 Å². The molecule has 1 heterocycles. The van der Waals surface area contributed by atoms with Crippen LogP contribution in [0.2, 0.25) is 0 Å². The highest BCUT2D eigenvalue weighted by atomic mass is 16.5. The van der Waals surface area contributed by atoms with Crippen LogP contribution in [0.1, 0.15) is 44.2 Å². The van der Waals surface area contributed by atoms with Gasteiger partial charge >= 0.3 is 0 Å². The maximum Gasteiger partial charge on any atom is 0.193 e. The number of aliphatic imine (C=N–C) groups is 1. The Hall–Kier alpha value is -1.63. The average Bonchev–Trinajstić information content (AvgIpc) is 2.73. The Morgan fingerprint density at radius 3 is 2.52 bits per heavy atom. The molecule has 1 N–H and O–H groups in total. The molecule has 0 radical (unpaired) electrons. The number of ether oxygens (including phenoxy) is 2. The van der Waals surface area contributed by atoms with Crippen LogP contribution in [0, 0.1) is 0 Å². The molecule has 0 aliphatic carbocycles. The summed E-state index contributed by atoms with van der Waals surface area (Å²) in [6.07, 6.45) is 3.41. The van der Waals surface area contributed by atoms with E-state index in [9.17, 15) is 0 Å². The van der Waals surface area contributed by atoms with Crippen molar-refractivity contribution in [3.8, 4) is 0 Å². The Morgan fingerprint density at radius 1 is 1.21 bits per heavy atom. The van der Waals surface area contributed by atoms with E-state index < -0.39 is 0 Å². The van der Waals surface area contributed by atoms with Crippen LogP contribution >= 0.6 is 0 Å². The van der Waals surface area contributed by atoms with Crippen molar-refractivity contribution in [1.29, 1.82) is 0 Å². The monoisotopic (exact) mass is 404 g/mol. The Balaban J connectivity index is 1.83. The van der Waals surface area contributed by atoms with Gasteiger partial charge in [-0.2, -0.15) is 0 Å². The summed E-state index contributed by atoms with van der Waals surface area (Å²) < 4.78 is 11.1. The van der Waals surface area contributed by atoms with E-state index in [-0.39, 0.29) is 0 Å². The first-order chi connectivity index (χ1) is 14.0. The fourth-order valence-electron chi connectivity index (χ4n) is 3.53. The van der Waals surface area contributed by atoms with Crippen LogP contribution in [0.15, 0.2) is 29.3 Å². The smallest absolute Gasteiger partial charge is 0.193 e. The van der Waals surface area contributed by atoms with Gasteiger partial charge in [-0.25, -0.2) is 0 Å². The first-order valence-electron chi connectivity index (χ1n) is 10.9. The number of guanidine groups is 1. The second-order valence-corrected chi connectivity index (χ2v) is 8.08. The Kier molecular flexibility index (Phi) is 10.5. The largest absolute Gasteiger partial charge is 0.385 e. The van der Waals surface area contributed by atoms with Gasteiger partial charge in [-0.3, -0.25) is 9.89 Å². The van der Waals surface area contributed by atoms with Crippen LogP contribution in [0.25, 0.3) is 0 Å². The summed E-state index contributed by atoms with van der Waals surface area (Å²) in [4.78, 5) is 9.23. The topological polar surface area (TPSA) is 49.3 Å². The first-order valence-corrected chi connectivity index (χ1v) is 10.9. The first kappa shape index (κ1) is 23.6. The van der Waals surface area contributed by atoms with Gasteiger partial charge in [0, 0.05) is 59.6 Å². The fraction of sp³-hybridized carbons (Fsp3) is 0.696. The third-order valence-corrected chi connectivity index (χ3v) is 5.66. The summed E-state index contributed by atoms with van der Waals surface area (Å²) in [6.45, 7) is 9.72. The molecule has 1 aromatic rings. The third kappa shape index (κ3) is 7.96. The van der Waals surface area contributed by atoms with Crippen molar-refractivity contribution in [1.82, 2.24) is 15.1 Å². The fourth-order valence-corrected chi connectivity index (χ4v) is 3.53. The summed E-state index contributed by atoms with van der Waals surface area (Å²) in [5, 5.41) is 3.57. The molecule has 0 aromatic heterocycles. The van der Waals surface area contributed by atoms with Crippen molar-refractivity contribution >= 4 is 5.96 Å². The molecule has 0 spiro atoms. The molecule has 0 saturated carbocycles. The van der Waals surface area contributed by atoms with Gasteiger partial charge in [0.1, 0.15) is 0 Å². The molecule has 1 saturated heterocycles. The molecule has 1 fully saturated rings. The van der Waals surface area contributed by atoms with E-state index in [1.807, 2.05) is 7.05 Å². The molecule has 1 aromatic carbocycles. The number of rotatable bonds is 10.